The number of nitrogens with two attached hydrogens (primary N) is 2. The minimum Gasteiger partial charge on any atom is -0.397 e. The van der Waals surface area contributed by atoms with Gasteiger partial charge >= 0.3 is 0 Å². The van der Waals surface area contributed by atoms with Crippen LogP contribution in [0.5, 0.6) is 0 Å². The van der Waals surface area contributed by atoms with Gasteiger partial charge in [-0.05, 0) is 25.8 Å². The summed E-state index contributed by atoms with van der Waals surface area (Å²) in [5, 5.41) is 3.14. The highest BCUT2D eigenvalue weighted by molar-refractivity contribution is 5.99. The molecule has 1 saturated carbocycles. The molecule has 0 radical (unpaired) electrons. The first-order chi connectivity index (χ1) is 9.82. The van der Waals surface area contributed by atoms with E-state index >= 15 is 0 Å². The molecule has 1 aromatic carbocycles. The summed E-state index contributed by atoms with van der Waals surface area (Å²) in [5.41, 5.74) is 13.7. The number of fused-ring (bicyclic) bond motifs is 1. The monoisotopic (exact) mass is 294 g/mol. The van der Waals surface area contributed by atoms with Gasteiger partial charge in [-0.25, -0.2) is 13.8 Å². The Morgan fingerprint density at radius 2 is 1.95 bits per heavy atom. The number of para-hydroxylation sites is 1. The lowest BCUT2D eigenvalue weighted by Gasteiger charge is -2.42. The first kappa shape index (κ1) is 14.3. The number of nitrogens with zero attached hydrogens (tertiary/aromatic N) is 1. The molecule has 4 nitrogen and oxygen atoms in total. The molecule has 3 rings (SSSR count). The smallest absolute Gasteiger partial charge is 0.248 e. The zero-order valence-corrected chi connectivity index (χ0v) is 12.0. The minimum atomic E-state index is -2.57. The average molecular weight is 294 g/mol. The second kappa shape index (κ2) is 4.66. The molecule has 2 aliphatic rings. The summed E-state index contributed by atoms with van der Waals surface area (Å²) in [4.78, 5) is 4.55. The molecule has 0 aromatic heterocycles. The van der Waals surface area contributed by atoms with Crippen LogP contribution < -0.4 is 16.8 Å². The number of anilines is 2. The standard InChI is InChI=1S/C15H20F2N4/c1-9-20-13-11(3-2-4-12(13)18)15(19,21-9)10-5-7-14(16,17)8-6-10/h2-4,10H,5-8,18-19H2,1H3,(H,20,21). The van der Waals surface area contributed by atoms with Gasteiger partial charge in [-0.15, -0.1) is 0 Å². The summed E-state index contributed by atoms with van der Waals surface area (Å²) in [7, 11) is 0. The van der Waals surface area contributed by atoms with Gasteiger partial charge in [-0.2, -0.15) is 0 Å². The molecule has 1 aliphatic heterocycles. The summed E-state index contributed by atoms with van der Waals surface area (Å²) in [6.07, 6.45) is 0.482. The molecule has 0 bridgehead atoms. The molecule has 1 unspecified atom stereocenters. The van der Waals surface area contributed by atoms with Crippen molar-refractivity contribution in [2.45, 2.75) is 44.2 Å². The molecule has 6 heteroatoms. The number of benzene rings is 1. The van der Waals surface area contributed by atoms with Crippen molar-refractivity contribution in [1.29, 1.82) is 0 Å². The third-order valence-corrected chi connectivity index (χ3v) is 4.53. The molecule has 1 aliphatic carbocycles. The quantitative estimate of drug-likeness (QED) is 0.697. The number of hydrogen-bond acceptors (Lipinski definition) is 4. The van der Waals surface area contributed by atoms with Gasteiger partial charge in [0.15, 0.2) is 0 Å². The Morgan fingerprint density at radius 1 is 1.29 bits per heavy atom. The van der Waals surface area contributed by atoms with E-state index in [4.69, 9.17) is 11.5 Å². The topological polar surface area (TPSA) is 76.4 Å². The zero-order valence-electron chi connectivity index (χ0n) is 12.0. The molecule has 0 amide bonds. The Kier molecular flexibility index (Phi) is 3.16. The maximum Gasteiger partial charge on any atom is 0.248 e. The molecule has 114 valence electrons. The number of nitrogens with one attached hydrogen (secondary N) is 1. The van der Waals surface area contributed by atoms with E-state index in [1.165, 1.54) is 0 Å². The predicted molar refractivity (Wildman–Crippen MR) is 80.4 cm³/mol. The van der Waals surface area contributed by atoms with E-state index in [1.807, 2.05) is 19.1 Å². The SMILES string of the molecule is CC1=NC(N)(C2CCC(F)(F)CC2)c2cccc(N)c2N1. The number of rotatable bonds is 1. The summed E-state index contributed by atoms with van der Waals surface area (Å²) in [6.45, 7) is 1.81. The van der Waals surface area contributed by atoms with E-state index in [0.29, 0.717) is 24.4 Å². The number of alkyl halides is 2. The molecule has 1 atom stereocenters. The van der Waals surface area contributed by atoms with Crippen molar-refractivity contribution in [1.82, 2.24) is 0 Å². The Morgan fingerprint density at radius 3 is 2.62 bits per heavy atom. The van der Waals surface area contributed by atoms with Crippen LogP contribution in [0.15, 0.2) is 23.2 Å². The Bertz CT molecular complexity index is 589. The highest BCUT2D eigenvalue weighted by Gasteiger charge is 2.46. The lowest BCUT2D eigenvalue weighted by atomic mass is 9.75. The van der Waals surface area contributed by atoms with Crippen LogP contribution in [-0.4, -0.2) is 11.8 Å². The van der Waals surface area contributed by atoms with Gasteiger partial charge in [-0.1, -0.05) is 12.1 Å². The van der Waals surface area contributed by atoms with Crippen molar-refractivity contribution >= 4 is 17.2 Å². The number of aliphatic imine (C=N–C) groups is 1. The Hall–Kier alpha value is -1.69. The number of amidine groups is 1. The predicted octanol–water partition coefficient (Wildman–Crippen LogP) is 3.05. The molecule has 5 N–H and O–H groups in total. The zero-order chi connectivity index (χ0) is 15.3. The van der Waals surface area contributed by atoms with Crippen LogP contribution in [0.4, 0.5) is 20.2 Å². The number of nitrogen functional groups attached to an aromatic ring is 1. The first-order valence-corrected chi connectivity index (χ1v) is 7.21. The van der Waals surface area contributed by atoms with Gasteiger partial charge in [0.1, 0.15) is 11.5 Å². The number of hydrogen-bond donors (Lipinski definition) is 3. The third-order valence-electron chi connectivity index (χ3n) is 4.53. The average Bonchev–Trinajstić information content (AvgIpc) is 2.39. The van der Waals surface area contributed by atoms with Crippen molar-refractivity contribution in [2.75, 3.05) is 11.1 Å². The molecule has 21 heavy (non-hydrogen) atoms. The van der Waals surface area contributed by atoms with Crippen LogP contribution in [0.3, 0.4) is 0 Å². The van der Waals surface area contributed by atoms with Crippen LogP contribution in [0.25, 0.3) is 0 Å². The fourth-order valence-corrected chi connectivity index (χ4v) is 3.38. The first-order valence-electron chi connectivity index (χ1n) is 7.21. The molecule has 1 fully saturated rings. The van der Waals surface area contributed by atoms with Gasteiger partial charge in [0.05, 0.1) is 11.4 Å². The molecule has 1 heterocycles. The van der Waals surface area contributed by atoms with Crippen molar-refractivity contribution < 1.29 is 8.78 Å². The largest absolute Gasteiger partial charge is 0.397 e. The minimum absolute atomic E-state index is 0.102. The van der Waals surface area contributed by atoms with Crippen molar-refractivity contribution in [3.05, 3.63) is 23.8 Å². The van der Waals surface area contributed by atoms with E-state index in [0.717, 1.165) is 11.3 Å². The molecule has 0 saturated heterocycles. The second-order valence-electron chi connectivity index (χ2n) is 6.05. The molecular formula is C15H20F2N4. The van der Waals surface area contributed by atoms with Gasteiger partial charge in [0, 0.05) is 24.3 Å². The Balaban J connectivity index is 2.00. The fourth-order valence-electron chi connectivity index (χ4n) is 3.38. The van der Waals surface area contributed by atoms with Crippen LogP contribution >= 0.6 is 0 Å². The Labute approximate surface area is 122 Å². The van der Waals surface area contributed by atoms with Crippen molar-refractivity contribution in [3.63, 3.8) is 0 Å². The molecular weight excluding hydrogens is 274 g/mol. The highest BCUT2D eigenvalue weighted by Crippen LogP contribution is 2.47. The van der Waals surface area contributed by atoms with Gasteiger partial charge in [0.2, 0.25) is 5.92 Å². The van der Waals surface area contributed by atoms with Gasteiger partial charge < -0.3 is 16.8 Å². The lowest BCUT2D eigenvalue weighted by molar-refractivity contribution is -0.0546. The molecule has 0 spiro atoms. The normalized spacial score (nSPS) is 28.5. The lowest BCUT2D eigenvalue weighted by Crippen LogP contribution is -2.48. The van der Waals surface area contributed by atoms with E-state index in [2.05, 4.69) is 10.3 Å². The van der Waals surface area contributed by atoms with E-state index in [9.17, 15) is 8.78 Å². The summed E-state index contributed by atoms with van der Waals surface area (Å²) >= 11 is 0. The van der Waals surface area contributed by atoms with Gasteiger partial charge in [-0.3, -0.25) is 0 Å². The molecule has 1 aromatic rings. The van der Waals surface area contributed by atoms with Gasteiger partial charge in [0.25, 0.3) is 0 Å². The fraction of sp³-hybridized carbons (Fsp3) is 0.533. The van der Waals surface area contributed by atoms with Crippen molar-refractivity contribution in [2.24, 2.45) is 16.6 Å². The van der Waals surface area contributed by atoms with E-state index < -0.39 is 11.6 Å². The number of halogens is 2. The van der Waals surface area contributed by atoms with Crippen molar-refractivity contribution in [3.8, 4) is 0 Å². The van der Waals surface area contributed by atoms with Crippen LogP contribution in [0.1, 0.15) is 38.2 Å². The van der Waals surface area contributed by atoms with Crippen LogP contribution in [-0.2, 0) is 5.66 Å². The summed E-state index contributed by atoms with van der Waals surface area (Å²) < 4.78 is 26.8. The summed E-state index contributed by atoms with van der Waals surface area (Å²) in [6, 6.07) is 5.49. The van der Waals surface area contributed by atoms with E-state index in [-0.39, 0.29) is 18.8 Å². The van der Waals surface area contributed by atoms with Crippen LogP contribution in [0.2, 0.25) is 0 Å². The highest BCUT2D eigenvalue weighted by atomic mass is 19.3. The van der Waals surface area contributed by atoms with Crippen LogP contribution in [0, 0.1) is 5.92 Å². The third kappa shape index (κ3) is 2.37. The van der Waals surface area contributed by atoms with E-state index in [1.54, 1.807) is 6.07 Å². The summed E-state index contributed by atoms with van der Waals surface area (Å²) in [5.74, 6) is -2.01. The second-order valence-corrected chi connectivity index (χ2v) is 6.05. The maximum atomic E-state index is 13.4. The maximum absolute atomic E-state index is 13.4.